The normalized spacial score (nSPS) is 20.6. The molecule has 0 radical (unpaired) electrons. The summed E-state index contributed by atoms with van der Waals surface area (Å²) in [7, 11) is 4.29. The topological polar surface area (TPSA) is 84.9 Å². The summed E-state index contributed by atoms with van der Waals surface area (Å²) in [6, 6.07) is 6.75. The zero-order chi connectivity index (χ0) is 18.4. The number of nitrogens with zero attached hydrogens (tertiary/aromatic N) is 1. The van der Waals surface area contributed by atoms with Gasteiger partial charge in [-0.1, -0.05) is 12.1 Å². The van der Waals surface area contributed by atoms with Crippen LogP contribution in [-0.4, -0.2) is 56.6 Å². The third kappa shape index (κ3) is 4.57. The number of nitrogens with one attached hydrogen (secondary N) is 1. The van der Waals surface area contributed by atoms with Gasteiger partial charge < -0.3 is 14.8 Å². The Balaban J connectivity index is 2.10. The molecule has 1 fully saturated rings. The van der Waals surface area contributed by atoms with Crippen LogP contribution in [0.2, 0.25) is 0 Å². The Morgan fingerprint density at radius 3 is 2.32 bits per heavy atom. The molecule has 0 bridgehead atoms. The van der Waals surface area contributed by atoms with E-state index in [2.05, 4.69) is 5.32 Å². The van der Waals surface area contributed by atoms with Crippen molar-refractivity contribution in [2.75, 3.05) is 27.8 Å². The second-order valence-corrected chi connectivity index (χ2v) is 6.03. The standard InChI is InChI=1S/C18H24N2O5/c1-19-16(21)13-6-4-12(5-7-13)11-20-9-8-14(17(22)24-2)10-15(20)18(23)25-3/h4-7,14-15H,8-11H2,1-3H3,(H,19,21). The fraction of sp³-hybridized carbons (Fsp3) is 0.500. The molecule has 1 aliphatic heterocycles. The summed E-state index contributed by atoms with van der Waals surface area (Å²) in [4.78, 5) is 37.5. The second-order valence-electron chi connectivity index (χ2n) is 6.03. The lowest BCUT2D eigenvalue weighted by atomic mass is 9.90. The monoisotopic (exact) mass is 348 g/mol. The van der Waals surface area contributed by atoms with Crippen LogP contribution in [-0.2, 0) is 25.6 Å². The van der Waals surface area contributed by atoms with Gasteiger partial charge in [-0.05, 0) is 30.5 Å². The smallest absolute Gasteiger partial charge is 0.323 e. The van der Waals surface area contributed by atoms with Gasteiger partial charge in [0.1, 0.15) is 6.04 Å². The molecule has 1 saturated heterocycles. The number of rotatable bonds is 5. The molecule has 25 heavy (non-hydrogen) atoms. The highest BCUT2D eigenvalue weighted by atomic mass is 16.5. The van der Waals surface area contributed by atoms with Crippen molar-refractivity contribution in [2.45, 2.75) is 25.4 Å². The lowest BCUT2D eigenvalue weighted by Gasteiger charge is -2.36. The number of amides is 1. The minimum Gasteiger partial charge on any atom is -0.469 e. The Bertz CT molecular complexity index is 629. The van der Waals surface area contributed by atoms with Crippen molar-refractivity contribution in [3.8, 4) is 0 Å². The van der Waals surface area contributed by atoms with Gasteiger partial charge in [0.25, 0.3) is 5.91 Å². The highest BCUT2D eigenvalue weighted by molar-refractivity contribution is 5.93. The predicted molar refractivity (Wildman–Crippen MR) is 90.8 cm³/mol. The summed E-state index contributed by atoms with van der Waals surface area (Å²) in [6.07, 6.45) is 1.02. The average Bonchev–Trinajstić information content (AvgIpc) is 2.66. The lowest BCUT2D eigenvalue weighted by Crippen LogP contribution is -2.48. The maximum absolute atomic E-state index is 12.1. The van der Waals surface area contributed by atoms with Crippen molar-refractivity contribution >= 4 is 17.8 Å². The Morgan fingerprint density at radius 2 is 1.76 bits per heavy atom. The Morgan fingerprint density at radius 1 is 1.12 bits per heavy atom. The molecule has 2 rings (SSSR count). The quantitative estimate of drug-likeness (QED) is 0.798. The van der Waals surface area contributed by atoms with Crippen LogP contribution in [0.4, 0.5) is 0 Å². The molecule has 0 spiro atoms. The summed E-state index contributed by atoms with van der Waals surface area (Å²) in [6.45, 7) is 1.14. The summed E-state index contributed by atoms with van der Waals surface area (Å²) in [5.74, 6) is -1.07. The molecule has 0 aliphatic carbocycles. The third-order valence-corrected chi connectivity index (χ3v) is 4.55. The number of likely N-dealkylation sites (tertiary alicyclic amines) is 1. The first-order valence-electron chi connectivity index (χ1n) is 8.20. The molecule has 7 nitrogen and oxygen atoms in total. The SMILES string of the molecule is CNC(=O)c1ccc(CN2CCC(C(=O)OC)CC2C(=O)OC)cc1. The highest BCUT2D eigenvalue weighted by Crippen LogP contribution is 2.26. The van der Waals surface area contributed by atoms with Gasteiger partial charge in [0.15, 0.2) is 0 Å². The number of hydrogen-bond donors (Lipinski definition) is 1. The van der Waals surface area contributed by atoms with Crippen LogP contribution in [0.5, 0.6) is 0 Å². The van der Waals surface area contributed by atoms with E-state index >= 15 is 0 Å². The molecule has 136 valence electrons. The number of esters is 2. The molecule has 1 heterocycles. The first-order chi connectivity index (χ1) is 12.0. The molecule has 2 unspecified atom stereocenters. The molecule has 1 N–H and O–H groups in total. The highest BCUT2D eigenvalue weighted by Gasteiger charge is 2.37. The molecule has 1 aromatic carbocycles. The molecular weight excluding hydrogens is 324 g/mol. The van der Waals surface area contributed by atoms with E-state index in [-0.39, 0.29) is 23.8 Å². The van der Waals surface area contributed by atoms with E-state index in [0.717, 1.165) is 5.56 Å². The van der Waals surface area contributed by atoms with Crippen molar-refractivity contribution in [1.29, 1.82) is 0 Å². The molecule has 0 aromatic heterocycles. The van der Waals surface area contributed by atoms with Gasteiger partial charge in [0, 0.05) is 25.7 Å². The van der Waals surface area contributed by atoms with Gasteiger partial charge in [-0.3, -0.25) is 19.3 Å². The first kappa shape index (κ1) is 18.9. The van der Waals surface area contributed by atoms with E-state index in [1.807, 2.05) is 17.0 Å². The number of ether oxygens (including phenoxy) is 2. The molecule has 7 heteroatoms. The van der Waals surface area contributed by atoms with Gasteiger partial charge in [-0.15, -0.1) is 0 Å². The Hall–Kier alpha value is -2.41. The van der Waals surface area contributed by atoms with Crippen LogP contribution < -0.4 is 5.32 Å². The Kier molecular flexibility index (Phi) is 6.52. The van der Waals surface area contributed by atoms with E-state index in [4.69, 9.17) is 9.47 Å². The summed E-state index contributed by atoms with van der Waals surface area (Å²) < 4.78 is 9.70. The van der Waals surface area contributed by atoms with Gasteiger partial charge in [-0.2, -0.15) is 0 Å². The minimum absolute atomic E-state index is 0.141. The first-order valence-corrected chi connectivity index (χ1v) is 8.20. The summed E-state index contributed by atoms with van der Waals surface area (Å²) in [5, 5.41) is 2.58. The van der Waals surface area contributed by atoms with Crippen LogP contribution in [0.15, 0.2) is 24.3 Å². The van der Waals surface area contributed by atoms with Crippen molar-refractivity contribution in [3.63, 3.8) is 0 Å². The van der Waals surface area contributed by atoms with Crippen LogP contribution in [0.25, 0.3) is 0 Å². The van der Waals surface area contributed by atoms with E-state index < -0.39 is 6.04 Å². The number of hydrogen-bond acceptors (Lipinski definition) is 6. The maximum Gasteiger partial charge on any atom is 0.323 e. The predicted octanol–water partition coefficient (Wildman–Crippen LogP) is 0.973. The van der Waals surface area contributed by atoms with Crippen molar-refractivity contribution < 1.29 is 23.9 Å². The van der Waals surface area contributed by atoms with Crippen molar-refractivity contribution in [3.05, 3.63) is 35.4 Å². The molecular formula is C18H24N2O5. The molecule has 0 saturated carbocycles. The van der Waals surface area contributed by atoms with Crippen molar-refractivity contribution in [2.24, 2.45) is 5.92 Å². The summed E-state index contributed by atoms with van der Waals surface area (Å²) >= 11 is 0. The number of carbonyl (C=O) groups is 3. The van der Waals surface area contributed by atoms with Crippen LogP contribution in [0.1, 0.15) is 28.8 Å². The van der Waals surface area contributed by atoms with Gasteiger partial charge in [-0.25, -0.2) is 0 Å². The molecule has 1 aliphatic rings. The van der Waals surface area contributed by atoms with Crippen LogP contribution in [0.3, 0.4) is 0 Å². The zero-order valence-electron chi connectivity index (χ0n) is 14.8. The van der Waals surface area contributed by atoms with E-state index in [0.29, 0.717) is 31.5 Å². The number of benzene rings is 1. The molecule has 2 atom stereocenters. The fourth-order valence-electron chi connectivity index (χ4n) is 3.11. The van der Waals surface area contributed by atoms with Crippen LogP contribution in [0, 0.1) is 5.92 Å². The fourth-order valence-corrected chi connectivity index (χ4v) is 3.11. The average molecular weight is 348 g/mol. The van der Waals surface area contributed by atoms with Gasteiger partial charge in [0.05, 0.1) is 20.1 Å². The second kappa shape index (κ2) is 8.62. The zero-order valence-corrected chi connectivity index (χ0v) is 14.8. The summed E-state index contributed by atoms with van der Waals surface area (Å²) in [5.41, 5.74) is 1.57. The van der Waals surface area contributed by atoms with Gasteiger partial charge in [0.2, 0.25) is 0 Å². The molecule has 1 amide bonds. The van der Waals surface area contributed by atoms with E-state index in [9.17, 15) is 14.4 Å². The Labute approximate surface area is 147 Å². The lowest BCUT2D eigenvalue weighted by molar-refractivity contribution is -0.154. The third-order valence-electron chi connectivity index (χ3n) is 4.55. The maximum atomic E-state index is 12.1. The van der Waals surface area contributed by atoms with Crippen LogP contribution >= 0.6 is 0 Å². The van der Waals surface area contributed by atoms with Gasteiger partial charge >= 0.3 is 11.9 Å². The number of piperidine rings is 1. The number of carbonyl (C=O) groups excluding carboxylic acids is 3. The molecule has 1 aromatic rings. The van der Waals surface area contributed by atoms with Crippen molar-refractivity contribution in [1.82, 2.24) is 10.2 Å². The largest absolute Gasteiger partial charge is 0.469 e. The van der Waals surface area contributed by atoms with E-state index in [1.165, 1.54) is 14.2 Å². The van der Waals surface area contributed by atoms with E-state index in [1.54, 1.807) is 19.2 Å². The minimum atomic E-state index is -0.485. The number of methoxy groups -OCH3 is 2.